The van der Waals surface area contributed by atoms with Gasteiger partial charge in [-0.3, -0.25) is 9.10 Å². The van der Waals surface area contributed by atoms with Crippen LogP contribution < -0.4 is 9.62 Å². The van der Waals surface area contributed by atoms with E-state index in [1.54, 1.807) is 54.2 Å². The number of carbonyl (C=O) groups is 1. The van der Waals surface area contributed by atoms with Gasteiger partial charge in [0.25, 0.3) is 5.91 Å². The molecule has 0 unspecified atom stereocenters. The number of hydrogen-bond donors (Lipinski definition) is 1. The lowest BCUT2D eigenvalue weighted by molar-refractivity contribution is 0.102. The van der Waals surface area contributed by atoms with Crippen LogP contribution in [0.2, 0.25) is 0 Å². The number of benzene rings is 2. The fourth-order valence-corrected chi connectivity index (χ4v) is 4.70. The maximum absolute atomic E-state index is 12.7. The van der Waals surface area contributed by atoms with Crippen LogP contribution >= 0.6 is 0 Å². The van der Waals surface area contributed by atoms with Crippen molar-refractivity contribution < 1.29 is 13.2 Å². The monoisotopic (exact) mass is 398 g/mol. The molecular weight excluding hydrogens is 380 g/mol. The van der Waals surface area contributed by atoms with E-state index in [0.717, 1.165) is 5.56 Å². The van der Waals surface area contributed by atoms with Gasteiger partial charge in [-0.1, -0.05) is 18.2 Å². The first-order chi connectivity index (χ1) is 13.4. The van der Waals surface area contributed by atoms with Crippen LogP contribution in [0.1, 0.15) is 16.8 Å². The van der Waals surface area contributed by atoms with E-state index in [0.29, 0.717) is 35.7 Å². The quantitative estimate of drug-likeness (QED) is 0.716. The Kier molecular flexibility index (Phi) is 4.55. The first kappa shape index (κ1) is 18.1. The highest BCUT2D eigenvalue weighted by molar-refractivity contribution is 7.93. The Labute approximate surface area is 162 Å². The zero-order valence-electron chi connectivity index (χ0n) is 15.1. The number of aromatic nitrogens is 4. The summed E-state index contributed by atoms with van der Waals surface area (Å²) in [6.45, 7) is 0.432. The van der Waals surface area contributed by atoms with E-state index in [9.17, 15) is 13.2 Å². The van der Waals surface area contributed by atoms with Crippen LogP contribution in [0.4, 0.5) is 11.4 Å². The van der Waals surface area contributed by atoms with Crippen molar-refractivity contribution >= 4 is 27.3 Å². The normalized spacial score (nSPS) is 15.5. The Balaban J connectivity index is 1.56. The molecule has 1 aliphatic rings. The van der Waals surface area contributed by atoms with Crippen molar-refractivity contribution in [1.29, 1.82) is 0 Å². The molecule has 0 spiro atoms. The smallest absolute Gasteiger partial charge is 0.255 e. The van der Waals surface area contributed by atoms with Gasteiger partial charge in [0.15, 0.2) is 5.82 Å². The number of carbonyl (C=O) groups excluding carboxylic acids is 1. The number of sulfonamides is 1. The predicted octanol–water partition coefficient (Wildman–Crippen LogP) is 1.67. The Morgan fingerprint density at radius 1 is 1.14 bits per heavy atom. The van der Waals surface area contributed by atoms with Gasteiger partial charge in [0.2, 0.25) is 10.0 Å². The summed E-state index contributed by atoms with van der Waals surface area (Å²) in [4.78, 5) is 12.7. The minimum absolute atomic E-state index is 0.132. The number of aryl methyl sites for hydroxylation is 1. The second kappa shape index (κ2) is 7.04. The molecule has 0 radical (unpaired) electrons. The van der Waals surface area contributed by atoms with Crippen molar-refractivity contribution in [3.63, 3.8) is 0 Å². The van der Waals surface area contributed by atoms with E-state index in [-0.39, 0.29) is 11.7 Å². The van der Waals surface area contributed by atoms with Crippen LogP contribution in [0.3, 0.4) is 0 Å². The lowest BCUT2D eigenvalue weighted by Gasteiger charge is -2.17. The molecule has 3 aromatic rings. The molecule has 1 aromatic heterocycles. The van der Waals surface area contributed by atoms with E-state index in [1.165, 1.54) is 4.31 Å². The van der Waals surface area contributed by atoms with Crippen LogP contribution in [-0.2, 0) is 17.1 Å². The molecule has 10 heteroatoms. The minimum atomic E-state index is -3.30. The van der Waals surface area contributed by atoms with Crippen molar-refractivity contribution in [1.82, 2.24) is 20.2 Å². The second-order valence-electron chi connectivity index (χ2n) is 6.45. The third-order valence-corrected chi connectivity index (χ3v) is 6.36. The van der Waals surface area contributed by atoms with Crippen molar-refractivity contribution in [3.8, 4) is 11.4 Å². The van der Waals surface area contributed by atoms with E-state index >= 15 is 0 Å². The van der Waals surface area contributed by atoms with Gasteiger partial charge < -0.3 is 5.32 Å². The molecule has 2 aromatic carbocycles. The minimum Gasteiger partial charge on any atom is -0.322 e. The first-order valence-electron chi connectivity index (χ1n) is 8.69. The number of amides is 1. The SMILES string of the molecule is Cn1nnnc1-c1cccc(NC(=O)c2cccc(N3CCCS3(=O)=O)c2)c1. The van der Waals surface area contributed by atoms with Crippen LogP contribution in [-0.4, -0.2) is 46.8 Å². The molecule has 0 bridgehead atoms. The highest BCUT2D eigenvalue weighted by Crippen LogP contribution is 2.25. The molecular formula is C18H18N6O3S. The predicted molar refractivity (Wildman–Crippen MR) is 104 cm³/mol. The molecule has 28 heavy (non-hydrogen) atoms. The van der Waals surface area contributed by atoms with Gasteiger partial charge in [0.05, 0.1) is 11.4 Å². The Morgan fingerprint density at radius 3 is 2.68 bits per heavy atom. The zero-order valence-corrected chi connectivity index (χ0v) is 15.9. The van der Waals surface area contributed by atoms with Crippen molar-refractivity contribution in [3.05, 3.63) is 54.1 Å². The van der Waals surface area contributed by atoms with Gasteiger partial charge in [-0.25, -0.2) is 13.1 Å². The van der Waals surface area contributed by atoms with Crippen LogP contribution in [0.15, 0.2) is 48.5 Å². The summed E-state index contributed by atoms with van der Waals surface area (Å²) in [5.74, 6) is 0.386. The number of hydrogen-bond acceptors (Lipinski definition) is 6. The topological polar surface area (TPSA) is 110 Å². The summed E-state index contributed by atoms with van der Waals surface area (Å²) in [5.41, 5.74) is 2.24. The number of nitrogens with zero attached hydrogens (tertiary/aromatic N) is 5. The zero-order chi connectivity index (χ0) is 19.7. The molecule has 1 fully saturated rings. The summed E-state index contributed by atoms with van der Waals surface area (Å²) in [6.07, 6.45) is 0.586. The van der Waals surface area contributed by atoms with Crippen molar-refractivity contribution in [2.75, 3.05) is 21.9 Å². The summed E-state index contributed by atoms with van der Waals surface area (Å²) in [5, 5.41) is 14.2. The Bertz CT molecular complexity index is 1140. The highest BCUT2D eigenvalue weighted by atomic mass is 32.2. The summed E-state index contributed by atoms with van der Waals surface area (Å²) in [7, 11) is -1.56. The first-order valence-corrected chi connectivity index (χ1v) is 10.3. The average Bonchev–Trinajstić information content (AvgIpc) is 3.26. The van der Waals surface area contributed by atoms with Gasteiger partial charge in [0, 0.05) is 30.4 Å². The molecule has 1 amide bonds. The molecule has 1 N–H and O–H groups in total. The molecule has 9 nitrogen and oxygen atoms in total. The van der Waals surface area contributed by atoms with E-state index in [2.05, 4.69) is 20.8 Å². The number of anilines is 2. The fourth-order valence-electron chi connectivity index (χ4n) is 3.15. The fraction of sp³-hybridized carbons (Fsp3) is 0.222. The summed E-state index contributed by atoms with van der Waals surface area (Å²) < 4.78 is 27.1. The molecule has 0 saturated carbocycles. The van der Waals surface area contributed by atoms with Crippen LogP contribution in [0.25, 0.3) is 11.4 Å². The average molecular weight is 398 g/mol. The van der Waals surface area contributed by atoms with Gasteiger partial charge in [-0.15, -0.1) is 5.10 Å². The van der Waals surface area contributed by atoms with E-state index < -0.39 is 10.0 Å². The van der Waals surface area contributed by atoms with Crippen LogP contribution in [0, 0.1) is 0 Å². The van der Waals surface area contributed by atoms with Gasteiger partial charge >= 0.3 is 0 Å². The second-order valence-corrected chi connectivity index (χ2v) is 8.47. The third-order valence-electron chi connectivity index (χ3n) is 4.49. The lowest BCUT2D eigenvalue weighted by atomic mass is 10.1. The number of rotatable bonds is 4. The lowest BCUT2D eigenvalue weighted by Crippen LogP contribution is -2.25. The summed E-state index contributed by atoms with van der Waals surface area (Å²) >= 11 is 0. The highest BCUT2D eigenvalue weighted by Gasteiger charge is 2.28. The number of tetrazole rings is 1. The Hall–Kier alpha value is -3.27. The summed E-state index contributed by atoms with van der Waals surface area (Å²) in [6, 6.07) is 13.8. The van der Waals surface area contributed by atoms with E-state index in [4.69, 9.17) is 0 Å². The standard InChI is InChI=1S/C18H18N6O3S/c1-23-17(20-21-22-23)13-5-2-7-15(11-13)19-18(25)14-6-3-8-16(12-14)24-9-4-10-28(24,26)27/h2-3,5-8,11-12H,4,9-10H2,1H3,(H,19,25). The van der Waals surface area contributed by atoms with Crippen LogP contribution in [0.5, 0.6) is 0 Å². The van der Waals surface area contributed by atoms with E-state index in [1.807, 2.05) is 6.07 Å². The third kappa shape index (κ3) is 3.46. The molecule has 4 rings (SSSR count). The van der Waals surface area contributed by atoms with Gasteiger partial charge in [-0.2, -0.15) is 0 Å². The largest absolute Gasteiger partial charge is 0.322 e. The Morgan fingerprint density at radius 2 is 1.96 bits per heavy atom. The van der Waals surface area contributed by atoms with Crippen molar-refractivity contribution in [2.45, 2.75) is 6.42 Å². The molecule has 1 saturated heterocycles. The molecule has 144 valence electrons. The molecule has 2 heterocycles. The molecule has 1 aliphatic heterocycles. The molecule has 0 aliphatic carbocycles. The number of nitrogens with one attached hydrogen (secondary N) is 1. The van der Waals surface area contributed by atoms with Crippen molar-refractivity contribution in [2.24, 2.45) is 7.05 Å². The molecule has 0 atom stereocenters. The van der Waals surface area contributed by atoms with Gasteiger partial charge in [0.1, 0.15) is 0 Å². The maximum Gasteiger partial charge on any atom is 0.255 e. The van der Waals surface area contributed by atoms with Gasteiger partial charge in [-0.05, 0) is 47.2 Å². The maximum atomic E-state index is 12.7.